The van der Waals surface area contributed by atoms with Gasteiger partial charge in [-0.2, -0.15) is 11.8 Å². The van der Waals surface area contributed by atoms with Crippen molar-refractivity contribution in [3.05, 3.63) is 0 Å². The van der Waals surface area contributed by atoms with Crippen LogP contribution in [-0.4, -0.2) is 48.6 Å². The molecule has 1 saturated heterocycles. The maximum atomic E-state index is 3.45. The molecular weight excluding hydrogens is 240 g/mol. The van der Waals surface area contributed by atoms with Gasteiger partial charge < -0.3 is 10.2 Å². The molecule has 0 radical (unpaired) electrons. The second-order valence-electron chi connectivity index (χ2n) is 6.13. The predicted molar refractivity (Wildman–Crippen MR) is 82.4 cm³/mol. The zero-order chi connectivity index (χ0) is 12.8. The normalized spacial score (nSPS) is 30.8. The molecule has 106 valence electrons. The quantitative estimate of drug-likeness (QED) is 0.827. The Kier molecular flexibility index (Phi) is 6.33. The summed E-state index contributed by atoms with van der Waals surface area (Å²) in [6.07, 6.45) is 8.50. The van der Waals surface area contributed by atoms with Crippen LogP contribution in [0.1, 0.15) is 45.4 Å². The van der Waals surface area contributed by atoms with Gasteiger partial charge in [0.2, 0.25) is 0 Å². The van der Waals surface area contributed by atoms with Crippen LogP contribution in [-0.2, 0) is 0 Å². The number of nitrogens with zero attached hydrogens (tertiary/aromatic N) is 1. The highest BCUT2D eigenvalue weighted by Crippen LogP contribution is 2.28. The second-order valence-corrected chi connectivity index (χ2v) is 7.54. The minimum Gasteiger partial charge on any atom is -0.317 e. The summed E-state index contributed by atoms with van der Waals surface area (Å²) in [4.78, 5) is 2.64. The van der Waals surface area contributed by atoms with Crippen LogP contribution in [0.5, 0.6) is 0 Å². The molecule has 2 fully saturated rings. The van der Waals surface area contributed by atoms with Crippen LogP contribution in [0, 0.1) is 5.92 Å². The van der Waals surface area contributed by atoms with Crippen LogP contribution in [0.4, 0.5) is 0 Å². The Labute approximate surface area is 117 Å². The molecule has 0 bridgehead atoms. The Bertz CT molecular complexity index is 229. The largest absolute Gasteiger partial charge is 0.317 e. The molecule has 1 aliphatic carbocycles. The van der Waals surface area contributed by atoms with Crippen LogP contribution in [0.3, 0.4) is 0 Å². The molecule has 1 aliphatic heterocycles. The molecule has 1 saturated carbocycles. The van der Waals surface area contributed by atoms with Gasteiger partial charge in [0.1, 0.15) is 0 Å². The number of hydrogen-bond acceptors (Lipinski definition) is 3. The third-order valence-electron chi connectivity index (χ3n) is 4.72. The van der Waals surface area contributed by atoms with Gasteiger partial charge in [-0.1, -0.05) is 19.8 Å². The van der Waals surface area contributed by atoms with Crippen molar-refractivity contribution in [2.45, 2.75) is 56.7 Å². The van der Waals surface area contributed by atoms with Crippen molar-refractivity contribution in [3.63, 3.8) is 0 Å². The number of nitrogens with one attached hydrogen (secondary N) is 1. The Balaban J connectivity index is 1.62. The van der Waals surface area contributed by atoms with Crippen molar-refractivity contribution in [2.75, 3.05) is 32.4 Å². The van der Waals surface area contributed by atoms with E-state index in [0.717, 1.165) is 17.2 Å². The molecule has 0 spiro atoms. The Morgan fingerprint density at radius 2 is 1.83 bits per heavy atom. The highest BCUT2D eigenvalue weighted by molar-refractivity contribution is 7.99. The summed E-state index contributed by atoms with van der Waals surface area (Å²) in [7, 11) is 2.34. The Morgan fingerprint density at radius 1 is 1.11 bits per heavy atom. The van der Waals surface area contributed by atoms with Crippen LogP contribution < -0.4 is 5.32 Å². The monoisotopic (exact) mass is 270 g/mol. The molecule has 2 nitrogen and oxygen atoms in total. The maximum Gasteiger partial charge on any atom is 0.0118 e. The first-order valence-electron chi connectivity index (χ1n) is 7.80. The summed E-state index contributed by atoms with van der Waals surface area (Å²) in [5, 5.41) is 4.37. The van der Waals surface area contributed by atoms with E-state index in [1.165, 1.54) is 63.9 Å². The Hall–Kier alpha value is 0.270. The Morgan fingerprint density at radius 3 is 2.56 bits per heavy atom. The minimum absolute atomic E-state index is 0.854. The molecule has 0 amide bonds. The first kappa shape index (κ1) is 14.7. The summed E-state index contributed by atoms with van der Waals surface area (Å²) in [6.45, 7) is 6.18. The average Bonchev–Trinajstić information content (AvgIpc) is 2.40. The van der Waals surface area contributed by atoms with Gasteiger partial charge in [-0.15, -0.1) is 0 Å². The van der Waals surface area contributed by atoms with Crippen LogP contribution in [0.15, 0.2) is 0 Å². The highest BCUT2D eigenvalue weighted by Gasteiger charge is 2.24. The van der Waals surface area contributed by atoms with E-state index in [1.54, 1.807) is 0 Å². The smallest absolute Gasteiger partial charge is 0.0118 e. The SMILES string of the molecule is CC1CCCCC1N(C)CCSC1CCNCC1. The fourth-order valence-electron chi connectivity index (χ4n) is 3.44. The van der Waals surface area contributed by atoms with Crippen molar-refractivity contribution in [2.24, 2.45) is 5.92 Å². The molecule has 0 aromatic carbocycles. The summed E-state index contributed by atoms with van der Waals surface area (Å²) >= 11 is 2.21. The lowest BCUT2D eigenvalue weighted by molar-refractivity contribution is 0.147. The number of thioether (sulfide) groups is 1. The van der Waals surface area contributed by atoms with E-state index in [4.69, 9.17) is 0 Å². The summed E-state index contributed by atoms with van der Waals surface area (Å²) in [6, 6.07) is 0.854. The van der Waals surface area contributed by atoms with Gasteiger partial charge in [0.15, 0.2) is 0 Å². The third kappa shape index (κ3) is 4.43. The molecule has 2 rings (SSSR count). The zero-order valence-corrected chi connectivity index (χ0v) is 13.0. The third-order valence-corrected chi connectivity index (χ3v) is 6.08. The van der Waals surface area contributed by atoms with Gasteiger partial charge in [-0.05, 0) is 51.7 Å². The van der Waals surface area contributed by atoms with E-state index in [0.29, 0.717) is 0 Å². The lowest BCUT2D eigenvalue weighted by atomic mass is 9.85. The first-order valence-corrected chi connectivity index (χ1v) is 8.85. The standard InChI is InChI=1S/C15H30N2S/c1-13-5-3-4-6-15(13)17(2)11-12-18-14-7-9-16-10-8-14/h13-16H,3-12H2,1-2H3. The van der Waals surface area contributed by atoms with Crippen molar-refractivity contribution in [3.8, 4) is 0 Å². The molecule has 0 aromatic heterocycles. The zero-order valence-electron chi connectivity index (χ0n) is 12.2. The van der Waals surface area contributed by atoms with E-state index in [9.17, 15) is 0 Å². The number of piperidine rings is 1. The topological polar surface area (TPSA) is 15.3 Å². The number of rotatable bonds is 5. The highest BCUT2D eigenvalue weighted by atomic mass is 32.2. The van der Waals surface area contributed by atoms with Gasteiger partial charge in [0, 0.05) is 23.6 Å². The van der Waals surface area contributed by atoms with E-state index in [1.807, 2.05) is 0 Å². The molecule has 3 heteroatoms. The number of hydrogen-bond donors (Lipinski definition) is 1. The molecule has 0 aromatic rings. The molecule has 2 unspecified atom stereocenters. The summed E-state index contributed by atoms with van der Waals surface area (Å²) in [5.74, 6) is 2.23. The van der Waals surface area contributed by atoms with Gasteiger partial charge >= 0.3 is 0 Å². The van der Waals surface area contributed by atoms with Crippen LogP contribution in [0.2, 0.25) is 0 Å². The van der Waals surface area contributed by atoms with Crippen LogP contribution in [0.25, 0.3) is 0 Å². The van der Waals surface area contributed by atoms with Crippen LogP contribution >= 0.6 is 11.8 Å². The fraction of sp³-hybridized carbons (Fsp3) is 1.00. The first-order chi connectivity index (χ1) is 8.77. The van der Waals surface area contributed by atoms with E-state index in [2.05, 4.69) is 35.9 Å². The lowest BCUT2D eigenvalue weighted by Gasteiger charge is -2.36. The van der Waals surface area contributed by atoms with Gasteiger partial charge in [0.05, 0.1) is 0 Å². The molecule has 2 aliphatic rings. The summed E-state index contributed by atoms with van der Waals surface area (Å²) in [5.41, 5.74) is 0. The van der Waals surface area contributed by atoms with E-state index < -0.39 is 0 Å². The van der Waals surface area contributed by atoms with E-state index in [-0.39, 0.29) is 0 Å². The average molecular weight is 270 g/mol. The van der Waals surface area contributed by atoms with Crippen molar-refractivity contribution >= 4 is 11.8 Å². The minimum atomic E-state index is 0.854. The predicted octanol–water partition coefficient (Wildman–Crippen LogP) is 2.98. The maximum absolute atomic E-state index is 3.45. The van der Waals surface area contributed by atoms with Crippen molar-refractivity contribution in [1.29, 1.82) is 0 Å². The van der Waals surface area contributed by atoms with Crippen molar-refractivity contribution < 1.29 is 0 Å². The molecule has 1 N–H and O–H groups in total. The molecule has 18 heavy (non-hydrogen) atoms. The molecular formula is C15H30N2S. The van der Waals surface area contributed by atoms with Gasteiger partial charge in [-0.3, -0.25) is 0 Å². The fourth-order valence-corrected chi connectivity index (χ4v) is 4.74. The lowest BCUT2D eigenvalue weighted by Crippen LogP contribution is -2.40. The van der Waals surface area contributed by atoms with Crippen molar-refractivity contribution in [1.82, 2.24) is 10.2 Å². The van der Waals surface area contributed by atoms with Gasteiger partial charge in [-0.25, -0.2) is 0 Å². The second kappa shape index (κ2) is 7.76. The van der Waals surface area contributed by atoms with Gasteiger partial charge in [0.25, 0.3) is 0 Å². The summed E-state index contributed by atoms with van der Waals surface area (Å²) < 4.78 is 0. The molecule has 1 heterocycles. The molecule has 2 atom stereocenters. The van der Waals surface area contributed by atoms with E-state index >= 15 is 0 Å².